The highest BCUT2D eigenvalue weighted by atomic mass is 32.1. The van der Waals surface area contributed by atoms with E-state index in [0.29, 0.717) is 10.6 Å². The molecule has 0 aliphatic rings. The molecular weight excluding hydrogens is 272 g/mol. The molecule has 0 bridgehead atoms. The summed E-state index contributed by atoms with van der Waals surface area (Å²) in [7, 11) is 0. The SMILES string of the molecule is CC(C)c1nnsc1C(=O)NC(C)c1cccc(N)c1. The van der Waals surface area contributed by atoms with Crippen molar-refractivity contribution in [3.8, 4) is 0 Å². The van der Waals surface area contributed by atoms with Crippen LogP contribution in [0.1, 0.15) is 53.7 Å². The molecule has 0 saturated carbocycles. The van der Waals surface area contributed by atoms with E-state index >= 15 is 0 Å². The normalized spacial score (nSPS) is 12.4. The number of amides is 1. The van der Waals surface area contributed by atoms with Crippen LogP contribution in [0.3, 0.4) is 0 Å². The van der Waals surface area contributed by atoms with Gasteiger partial charge < -0.3 is 11.1 Å². The maximum atomic E-state index is 12.3. The molecule has 0 fully saturated rings. The zero-order valence-corrected chi connectivity index (χ0v) is 12.6. The van der Waals surface area contributed by atoms with Gasteiger partial charge in [0.25, 0.3) is 5.91 Å². The molecule has 0 aliphatic carbocycles. The van der Waals surface area contributed by atoms with Crippen molar-refractivity contribution >= 4 is 23.1 Å². The summed E-state index contributed by atoms with van der Waals surface area (Å²) >= 11 is 1.13. The summed E-state index contributed by atoms with van der Waals surface area (Å²) in [6.45, 7) is 5.92. The molecule has 1 aromatic heterocycles. The summed E-state index contributed by atoms with van der Waals surface area (Å²) in [5.74, 6) is 0.0378. The first kappa shape index (κ1) is 14.5. The number of carbonyl (C=O) groups excluding carboxylic acids is 1. The molecule has 1 amide bonds. The van der Waals surface area contributed by atoms with Crippen molar-refractivity contribution in [3.63, 3.8) is 0 Å². The number of nitrogens with one attached hydrogen (secondary N) is 1. The Morgan fingerprint density at radius 3 is 2.75 bits per heavy atom. The molecule has 1 atom stereocenters. The number of anilines is 1. The second kappa shape index (κ2) is 6.00. The molecular formula is C14H18N4OS. The monoisotopic (exact) mass is 290 g/mol. The molecule has 0 radical (unpaired) electrons. The summed E-state index contributed by atoms with van der Waals surface area (Å²) in [5, 5.41) is 6.98. The third kappa shape index (κ3) is 3.14. The van der Waals surface area contributed by atoms with Gasteiger partial charge >= 0.3 is 0 Å². The number of benzene rings is 1. The number of nitrogens with zero attached hydrogens (tertiary/aromatic N) is 2. The standard InChI is InChI=1S/C14H18N4OS/c1-8(2)12-13(20-18-17-12)14(19)16-9(3)10-5-4-6-11(15)7-10/h4-9H,15H2,1-3H3,(H,16,19). The van der Waals surface area contributed by atoms with Gasteiger partial charge in [-0.3, -0.25) is 4.79 Å². The molecule has 0 aliphatic heterocycles. The molecule has 2 aromatic rings. The predicted octanol–water partition coefficient (Wildman–Crippen LogP) is 2.73. The lowest BCUT2D eigenvalue weighted by Crippen LogP contribution is -2.27. The number of aromatic nitrogens is 2. The fourth-order valence-corrected chi connectivity index (χ4v) is 2.63. The van der Waals surface area contributed by atoms with Crippen molar-refractivity contribution in [3.05, 3.63) is 40.4 Å². The first-order valence-corrected chi connectivity index (χ1v) is 7.25. The van der Waals surface area contributed by atoms with E-state index in [1.807, 2.05) is 45.0 Å². The van der Waals surface area contributed by atoms with Crippen LogP contribution in [0.15, 0.2) is 24.3 Å². The summed E-state index contributed by atoms with van der Waals surface area (Å²) in [6, 6.07) is 7.38. The molecule has 5 nitrogen and oxygen atoms in total. The minimum absolute atomic E-state index is 0.117. The van der Waals surface area contributed by atoms with Gasteiger partial charge in [-0.05, 0) is 42.1 Å². The van der Waals surface area contributed by atoms with Gasteiger partial charge in [0.15, 0.2) is 0 Å². The van der Waals surface area contributed by atoms with Gasteiger partial charge in [0.1, 0.15) is 4.88 Å². The smallest absolute Gasteiger partial charge is 0.265 e. The number of hydrogen-bond acceptors (Lipinski definition) is 5. The first-order valence-electron chi connectivity index (χ1n) is 6.47. The van der Waals surface area contributed by atoms with Crippen molar-refractivity contribution < 1.29 is 4.79 Å². The quantitative estimate of drug-likeness (QED) is 0.848. The Labute approximate surface area is 122 Å². The number of nitrogen functional groups attached to an aromatic ring is 1. The Kier molecular flexibility index (Phi) is 4.34. The molecule has 0 spiro atoms. The molecule has 1 unspecified atom stereocenters. The first-order chi connectivity index (χ1) is 9.49. The lowest BCUT2D eigenvalue weighted by atomic mass is 10.1. The number of nitrogens with two attached hydrogens (primary N) is 1. The molecule has 2 rings (SSSR count). The highest BCUT2D eigenvalue weighted by molar-refractivity contribution is 7.08. The third-order valence-corrected chi connectivity index (χ3v) is 3.77. The van der Waals surface area contributed by atoms with E-state index in [1.54, 1.807) is 0 Å². The molecule has 1 aromatic carbocycles. The van der Waals surface area contributed by atoms with E-state index in [9.17, 15) is 4.79 Å². The van der Waals surface area contributed by atoms with Crippen molar-refractivity contribution in [2.24, 2.45) is 0 Å². The molecule has 6 heteroatoms. The summed E-state index contributed by atoms with van der Waals surface area (Å²) in [6.07, 6.45) is 0. The van der Waals surface area contributed by atoms with Crippen molar-refractivity contribution in [2.45, 2.75) is 32.7 Å². The number of carbonyl (C=O) groups is 1. The molecule has 1 heterocycles. The van der Waals surface area contributed by atoms with Crippen LogP contribution in [0.2, 0.25) is 0 Å². The molecule has 20 heavy (non-hydrogen) atoms. The van der Waals surface area contributed by atoms with Crippen LogP contribution < -0.4 is 11.1 Å². The third-order valence-electron chi connectivity index (χ3n) is 3.02. The van der Waals surface area contributed by atoms with Gasteiger partial charge in [0, 0.05) is 5.69 Å². The lowest BCUT2D eigenvalue weighted by Gasteiger charge is -2.14. The molecule has 3 N–H and O–H groups in total. The van der Waals surface area contributed by atoms with Crippen LogP contribution >= 0.6 is 11.5 Å². The van der Waals surface area contributed by atoms with Crippen LogP contribution in [-0.2, 0) is 0 Å². The average Bonchev–Trinajstić information content (AvgIpc) is 2.88. The van der Waals surface area contributed by atoms with Gasteiger partial charge in [-0.15, -0.1) is 5.10 Å². The second-order valence-corrected chi connectivity index (χ2v) is 5.76. The fourth-order valence-electron chi connectivity index (χ4n) is 1.91. The van der Waals surface area contributed by atoms with Crippen molar-refractivity contribution in [1.82, 2.24) is 14.9 Å². The Morgan fingerprint density at radius 2 is 2.10 bits per heavy atom. The fraction of sp³-hybridized carbons (Fsp3) is 0.357. The molecule has 106 valence electrons. The van der Waals surface area contributed by atoms with Gasteiger partial charge in [0.2, 0.25) is 0 Å². The Balaban J connectivity index is 2.13. The van der Waals surface area contributed by atoms with Crippen molar-refractivity contribution in [2.75, 3.05) is 5.73 Å². The van der Waals surface area contributed by atoms with Crippen LogP contribution in [-0.4, -0.2) is 15.5 Å². The minimum Gasteiger partial charge on any atom is -0.399 e. The lowest BCUT2D eigenvalue weighted by molar-refractivity contribution is 0.0942. The minimum atomic E-state index is -0.140. The maximum Gasteiger partial charge on any atom is 0.265 e. The zero-order chi connectivity index (χ0) is 14.7. The van der Waals surface area contributed by atoms with Crippen LogP contribution in [0.25, 0.3) is 0 Å². The van der Waals surface area contributed by atoms with E-state index in [1.165, 1.54) is 0 Å². The van der Waals surface area contributed by atoms with E-state index in [0.717, 1.165) is 22.8 Å². The van der Waals surface area contributed by atoms with Gasteiger partial charge in [0.05, 0.1) is 11.7 Å². The summed E-state index contributed by atoms with van der Waals surface area (Å²) < 4.78 is 3.87. The number of rotatable bonds is 4. The van der Waals surface area contributed by atoms with Crippen LogP contribution in [0.5, 0.6) is 0 Å². The average molecular weight is 290 g/mol. The largest absolute Gasteiger partial charge is 0.399 e. The second-order valence-electron chi connectivity index (χ2n) is 5.01. The topological polar surface area (TPSA) is 80.9 Å². The maximum absolute atomic E-state index is 12.3. The Hall–Kier alpha value is -1.95. The van der Waals surface area contributed by atoms with Crippen LogP contribution in [0.4, 0.5) is 5.69 Å². The Morgan fingerprint density at radius 1 is 1.35 bits per heavy atom. The van der Waals surface area contributed by atoms with E-state index in [-0.39, 0.29) is 17.9 Å². The van der Waals surface area contributed by atoms with Crippen molar-refractivity contribution in [1.29, 1.82) is 0 Å². The number of hydrogen-bond donors (Lipinski definition) is 2. The highest BCUT2D eigenvalue weighted by Gasteiger charge is 2.20. The van der Waals surface area contributed by atoms with E-state index in [4.69, 9.17) is 5.73 Å². The Bertz CT molecular complexity index is 609. The summed E-state index contributed by atoms with van der Waals surface area (Å²) in [5.41, 5.74) is 8.16. The summed E-state index contributed by atoms with van der Waals surface area (Å²) in [4.78, 5) is 12.9. The van der Waals surface area contributed by atoms with E-state index in [2.05, 4.69) is 14.9 Å². The van der Waals surface area contributed by atoms with Gasteiger partial charge in [-0.25, -0.2) is 0 Å². The van der Waals surface area contributed by atoms with Gasteiger partial charge in [-0.2, -0.15) is 0 Å². The predicted molar refractivity (Wildman–Crippen MR) is 80.7 cm³/mol. The van der Waals surface area contributed by atoms with E-state index < -0.39 is 0 Å². The molecule has 0 saturated heterocycles. The van der Waals surface area contributed by atoms with Crippen LogP contribution in [0, 0.1) is 0 Å². The van der Waals surface area contributed by atoms with Gasteiger partial charge in [-0.1, -0.05) is 30.5 Å². The zero-order valence-electron chi connectivity index (χ0n) is 11.8. The highest BCUT2D eigenvalue weighted by Crippen LogP contribution is 2.21.